The summed E-state index contributed by atoms with van der Waals surface area (Å²) < 4.78 is 0. The smallest absolute Gasteiger partial charge is 0.244 e. The predicted molar refractivity (Wildman–Crippen MR) is 70.2 cm³/mol. The summed E-state index contributed by atoms with van der Waals surface area (Å²) in [5.41, 5.74) is 5.68. The second-order valence-electron chi connectivity index (χ2n) is 4.55. The minimum Gasteiger partial charge on any atom is -0.366 e. The Balaban J connectivity index is 3.10. The van der Waals surface area contributed by atoms with Crippen LogP contribution in [0.4, 0.5) is 0 Å². The van der Waals surface area contributed by atoms with Crippen LogP contribution in [0.2, 0.25) is 0 Å². The molecule has 0 atom stereocenters. The number of carbonyl (C=O) groups is 1. The summed E-state index contributed by atoms with van der Waals surface area (Å²) in [5.74, 6) is -0.348. The summed E-state index contributed by atoms with van der Waals surface area (Å²) in [4.78, 5) is 10.7. The molecule has 0 saturated heterocycles. The Labute approximate surface area is 100 Å². The molecule has 0 heterocycles. The van der Waals surface area contributed by atoms with E-state index in [1.165, 1.54) is 51.4 Å². The third-order valence-electron chi connectivity index (χ3n) is 2.93. The van der Waals surface area contributed by atoms with Crippen LogP contribution < -0.4 is 5.73 Å². The van der Waals surface area contributed by atoms with Gasteiger partial charge < -0.3 is 5.73 Å². The Kier molecular flexibility index (Phi) is 10.2. The normalized spacial score (nSPS) is 10.3. The molecule has 0 radical (unpaired) electrons. The van der Waals surface area contributed by atoms with Gasteiger partial charge in [0.15, 0.2) is 0 Å². The molecule has 0 bridgehead atoms. The zero-order valence-corrected chi connectivity index (χ0v) is 10.8. The zero-order chi connectivity index (χ0) is 12.2. The van der Waals surface area contributed by atoms with Gasteiger partial charge in [-0.2, -0.15) is 0 Å². The highest BCUT2D eigenvalue weighted by molar-refractivity contribution is 5.91. The Morgan fingerprint density at radius 3 is 1.81 bits per heavy atom. The highest BCUT2D eigenvalue weighted by Crippen LogP contribution is 2.12. The Hall–Kier alpha value is -0.790. The molecule has 1 amide bonds. The summed E-state index contributed by atoms with van der Waals surface area (Å²) in [6.07, 6.45) is 12.4. The number of amides is 1. The lowest BCUT2D eigenvalue weighted by molar-refractivity contribution is -0.114. The van der Waals surface area contributed by atoms with Crippen LogP contribution in [0.3, 0.4) is 0 Å². The second-order valence-corrected chi connectivity index (χ2v) is 4.55. The van der Waals surface area contributed by atoms with Crippen molar-refractivity contribution in [3.8, 4) is 0 Å². The first kappa shape index (κ1) is 15.2. The van der Waals surface area contributed by atoms with Gasteiger partial charge >= 0.3 is 0 Å². The number of hydrogen-bond acceptors (Lipinski definition) is 1. The van der Waals surface area contributed by atoms with E-state index < -0.39 is 0 Å². The number of hydrogen-bond donors (Lipinski definition) is 1. The molecule has 0 unspecified atom stereocenters. The minimum absolute atomic E-state index is 0.348. The third kappa shape index (κ3) is 9.75. The van der Waals surface area contributed by atoms with Gasteiger partial charge in [0, 0.05) is 5.57 Å². The standard InChI is InChI=1S/C14H27NO/c1-3-4-5-6-7-8-9-10-11-12-13(2)14(15)16/h2-12H2,1H3,(H2,15,16). The van der Waals surface area contributed by atoms with Gasteiger partial charge in [-0.3, -0.25) is 4.79 Å². The van der Waals surface area contributed by atoms with Crippen LogP contribution in [-0.4, -0.2) is 5.91 Å². The van der Waals surface area contributed by atoms with Gasteiger partial charge in [-0.25, -0.2) is 0 Å². The monoisotopic (exact) mass is 225 g/mol. The maximum Gasteiger partial charge on any atom is 0.244 e. The van der Waals surface area contributed by atoms with E-state index in [4.69, 9.17) is 5.73 Å². The summed E-state index contributed by atoms with van der Waals surface area (Å²) in [5, 5.41) is 0. The first-order chi connectivity index (χ1) is 7.68. The number of nitrogens with two attached hydrogens (primary N) is 1. The number of carbonyl (C=O) groups excluding carboxylic acids is 1. The van der Waals surface area contributed by atoms with Crippen LogP contribution in [-0.2, 0) is 4.79 Å². The van der Waals surface area contributed by atoms with Gasteiger partial charge in [0.2, 0.25) is 5.91 Å². The fourth-order valence-electron chi connectivity index (χ4n) is 1.77. The van der Waals surface area contributed by atoms with Gasteiger partial charge in [-0.1, -0.05) is 64.9 Å². The lowest BCUT2D eigenvalue weighted by atomic mass is 10.0. The number of primary amides is 1. The summed E-state index contributed by atoms with van der Waals surface area (Å²) >= 11 is 0. The lowest BCUT2D eigenvalue weighted by Gasteiger charge is -2.02. The van der Waals surface area contributed by atoms with Crippen molar-refractivity contribution in [2.45, 2.75) is 71.1 Å². The first-order valence-corrected chi connectivity index (χ1v) is 6.66. The molecule has 0 spiro atoms. The molecule has 2 heteroatoms. The zero-order valence-electron chi connectivity index (χ0n) is 10.8. The summed E-state index contributed by atoms with van der Waals surface area (Å²) in [7, 11) is 0. The molecule has 0 aliphatic rings. The molecule has 0 saturated carbocycles. The van der Waals surface area contributed by atoms with Gasteiger partial charge in [0.1, 0.15) is 0 Å². The van der Waals surface area contributed by atoms with E-state index >= 15 is 0 Å². The molecule has 16 heavy (non-hydrogen) atoms. The molecule has 94 valence electrons. The van der Waals surface area contributed by atoms with Crippen LogP contribution in [0, 0.1) is 0 Å². The summed E-state index contributed by atoms with van der Waals surface area (Å²) in [6.45, 7) is 5.89. The average Bonchev–Trinajstić information content (AvgIpc) is 2.26. The Bertz CT molecular complexity index is 199. The number of rotatable bonds is 11. The van der Waals surface area contributed by atoms with E-state index in [2.05, 4.69) is 13.5 Å². The van der Waals surface area contributed by atoms with Crippen molar-refractivity contribution < 1.29 is 4.79 Å². The quantitative estimate of drug-likeness (QED) is 0.420. The molecule has 0 fully saturated rings. The fraction of sp³-hybridized carbons (Fsp3) is 0.786. The van der Waals surface area contributed by atoms with Gasteiger partial charge in [-0.15, -0.1) is 0 Å². The van der Waals surface area contributed by atoms with Gasteiger partial charge in [0.05, 0.1) is 0 Å². The van der Waals surface area contributed by atoms with E-state index in [9.17, 15) is 4.79 Å². The van der Waals surface area contributed by atoms with Crippen LogP contribution in [0.1, 0.15) is 71.1 Å². The van der Waals surface area contributed by atoms with Crippen LogP contribution in [0.5, 0.6) is 0 Å². The summed E-state index contributed by atoms with van der Waals surface area (Å²) in [6, 6.07) is 0. The molecule has 2 nitrogen and oxygen atoms in total. The molecular weight excluding hydrogens is 198 g/mol. The Morgan fingerprint density at radius 2 is 1.38 bits per heavy atom. The van der Waals surface area contributed by atoms with Crippen molar-refractivity contribution in [3.63, 3.8) is 0 Å². The molecule has 0 aliphatic carbocycles. The van der Waals surface area contributed by atoms with Crippen LogP contribution in [0.25, 0.3) is 0 Å². The first-order valence-electron chi connectivity index (χ1n) is 6.66. The van der Waals surface area contributed by atoms with Crippen LogP contribution in [0.15, 0.2) is 12.2 Å². The van der Waals surface area contributed by atoms with E-state index in [0.717, 1.165) is 12.8 Å². The Morgan fingerprint density at radius 1 is 0.938 bits per heavy atom. The molecule has 2 N–H and O–H groups in total. The molecule has 0 aromatic rings. The number of unbranched alkanes of at least 4 members (excludes halogenated alkanes) is 8. The lowest BCUT2D eigenvalue weighted by Crippen LogP contribution is -2.12. The highest BCUT2D eigenvalue weighted by Gasteiger charge is 2.00. The van der Waals surface area contributed by atoms with Gasteiger partial charge in [0.25, 0.3) is 0 Å². The van der Waals surface area contributed by atoms with Crippen molar-refractivity contribution in [2.75, 3.05) is 0 Å². The molecule has 0 aromatic heterocycles. The SMILES string of the molecule is C=C(CCCCCCCCCCC)C(N)=O. The molecule has 0 rings (SSSR count). The maximum absolute atomic E-state index is 10.7. The minimum atomic E-state index is -0.348. The second kappa shape index (κ2) is 10.7. The van der Waals surface area contributed by atoms with Crippen molar-refractivity contribution in [1.82, 2.24) is 0 Å². The van der Waals surface area contributed by atoms with Crippen molar-refractivity contribution in [3.05, 3.63) is 12.2 Å². The van der Waals surface area contributed by atoms with E-state index in [1.54, 1.807) is 0 Å². The van der Waals surface area contributed by atoms with E-state index in [-0.39, 0.29) is 5.91 Å². The third-order valence-corrected chi connectivity index (χ3v) is 2.93. The molecule has 0 aromatic carbocycles. The van der Waals surface area contributed by atoms with Gasteiger partial charge in [-0.05, 0) is 12.8 Å². The maximum atomic E-state index is 10.7. The van der Waals surface area contributed by atoms with Crippen molar-refractivity contribution in [1.29, 1.82) is 0 Å². The highest BCUT2D eigenvalue weighted by atomic mass is 16.1. The van der Waals surface area contributed by atoms with Crippen molar-refractivity contribution in [2.24, 2.45) is 5.73 Å². The van der Waals surface area contributed by atoms with E-state index in [1.807, 2.05) is 0 Å². The van der Waals surface area contributed by atoms with Crippen LogP contribution >= 0.6 is 0 Å². The topological polar surface area (TPSA) is 43.1 Å². The molecular formula is C14H27NO. The predicted octanol–water partition coefficient (Wildman–Crippen LogP) is 3.95. The largest absolute Gasteiger partial charge is 0.366 e. The van der Waals surface area contributed by atoms with E-state index in [0.29, 0.717) is 5.57 Å². The van der Waals surface area contributed by atoms with Crippen molar-refractivity contribution >= 4 is 5.91 Å². The average molecular weight is 225 g/mol. The fourth-order valence-corrected chi connectivity index (χ4v) is 1.77. The molecule has 0 aliphatic heterocycles.